The molecule has 1 aliphatic heterocycles. The van der Waals surface area contributed by atoms with Crippen LogP contribution in [0.3, 0.4) is 0 Å². The van der Waals surface area contributed by atoms with Gasteiger partial charge in [0.1, 0.15) is 0 Å². The summed E-state index contributed by atoms with van der Waals surface area (Å²) in [5.74, 6) is 0.715. The van der Waals surface area contributed by atoms with Crippen molar-refractivity contribution in [2.45, 2.75) is 0 Å². The topological polar surface area (TPSA) is 82.8 Å². The molecule has 4 rings (SSSR count). The van der Waals surface area contributed by atoms with Crippen LogP contribution in [0.4, 0.5) is 11.5 Å². The Hall–Kier alpha value is -3.68. The highest BCUT2D eigenvalue weighted by Crippen LogP contribution is 2.17. The van der Waals surface area contributed by atoms with Crippen molar-refractivity contribution in [1.29, 1.82) is 0 Å². The lowest BCUT2D eigenvalue weighted by Gasteiger charge is -2.34. The van der Waals surface area contributed by atoms with Gasteiger partial charge in [0.2, 0.25) is 0 Å². The second-order valence-corrected chi connectivity index (χ2v) is 6.73. The largest absolute Gasteiger partial charge is 0.459 e. The van der Waals surface area contributed by atoms with Crippen molar-refractivity contribution in [3.8, 4) is 0 Å². The molecule has 3 heterocycles. The molecule has 8 nitrogen and oxygen atoms in total. The highest BCUT2D eigenvalue weighted by Gasteiger charge is 2.25. The van der Waals surface area contributed by atoms with Gasteiger partial charge in [-0.3, -0.25) is 9.59 Å². The van der Waals surface area contributed by atoms with Crippen molar-refractivity contribution in [1.82, 2.24) is 15.1 Å². The number of anilines is 2. The van der Waals surface area contributed by atoms with Crippen LogP contribution in [0.15, 0.2) is 65.3 Å². The number of piperazine rings is 1. The van der Waals surface area contributed by atoms with E-state index in [4.69, 9.17) is 4.42 Å². The average Bonchev–Trinajstić information content (AvgIpc) is 3.33. The van der Waals surface area contributed by atoms with Gasteiger partial charge in [0.25, 0.3) is 11.8 Å². The number of aromatic nitrogens is 2. The molecule has 2 amide bonds. The van der Waals surface area contributed by atoms with E-state index in [1.54, 1.807) is 41.1 Å². The summed E-state index contributed by atoms with van der Waals surface area (Å²) in [5.41, 5.74) is 1.08. The third-order valence-electron chi connectivity index (χ3n) is 4.94. The SMILES string of the molecule is CN(C(=O)c1ccc(N2CCN(C(=O)c3ccco3)CC2)nn1)c1ccccc1. The van der Waals surface area contributed by atoms with Crippen LogP contribution in [0.5, 0.6) is 0 Å². The summed E-state index contributed by atoms with van der Waals surface area (Å²) in [6.45, 7) is 2.41. The molecule has 0 spiro atoms. The van der Waals surface area contributed by atoms with E-state index in [1.807, 2.05) is 35.2 Å². The molecular weight excluding hydrogens is 370 g/mol. The highest BCUT2D eigenvalue weighted by molar-refractivity contribution is 6.04. The molecule has 1 aliphatic rings. The lowest BCUT2D eigenvalue weighted by Crippen LogP contribution is -2.49. The summed E-state index contributed by atoms with van der Waals surface area (Å²) < 4.78 is 5.18. The van der Waals surface area contributed by atoms with Gasteiger partial charge >= 0.3 is 0 Å². The zero-order valence-corrected chi connectivity index (χ0v) is 16.1. The number of hydrogen-bond donors (Lipinski definition) is 0. The first-order chi connectivity index (χ1) is 14.1. The third-order valence-corrected chi connectivity index (χ3v) is 4.94. The van der Waals surface area contributed by atoms with Crippen LogP contribution in [-0.4, -0.2) is 60.1 Å². The lowest BCUT2D eigenvalue weighted by atomic mass is 10.2. The monoisotopic (exact) mass is 391 g/mol. The molecule has 1 saturated heterocycles. The second kappa shape index (κ2) is 8.14. The standard InChI is InChI=1S/C21H21N5O3/c1-24(16-6-3-2-4-7-16)20(27)17-9-10-19(23-22-17)25-11-13-26(14-12-25)21(28)18-8-5-15-29-18/h2-10,15H,11-14H2,1H3. The molecule has 3 aromatic rings. The van der Waals surface area contributed by atoms with E-state index in [9.17, 15) is 9.59 Å². The van der Waals surface area contributed by atoms with Crippen molar-refractivity contribution in [3.63, 3.8) is 0 Å². The van der Waals surface area contributed by atoms with Gasteiger partial charge in [0, 0.05) is 38.9 Å². The molecule has 0 radical (unpaired) electrons. The quantitative estimate of drug-likeness (QED) is 0.679. The second-order valence-electron chi connectivity index (χ2n) is 6.73. The average molecular weight is 391 g/mol. The zero-order valence-electron chi connectivity index (χ0n) is 16.1. The first-order valence-electron chi connectivity index (χ1n) is 9.38. The molecular formula is C21H21N5O3. The Morgan fingerprint density at radius 1 is 0.931 bits per heavy atom. The molecule has 0 aliphatic carbocycles. The van der Waals surface area contributed by atoms with Crippen LogP contribution < -0.4 is 9.80 Å². The zero-order chi connectivity index (χ0) is 20.2. The normalized spacial score (nSPS) is 14.0. The molecule has 2 aromatic heterocycles. The molecule has 0 saturated carbocycles. The van der Waals surface area contributed by atoms with Crippen LogP contribution in [0.1, 0.15) is 21.0 Å². The van der Waals surface area contributed by atoms with E-state index < -0.39 is 0 Å². The van der Waals surface area contributed by atoms with Gasteiger partial charge in [0.05, 0.1) is 6.26 Å². The van der Waals surface area contributed by atoms with E-state index >= 15 is 0 Å². The molecule has 0 bridgehead atoms. The smallest absolute Gasteiger partial charge is 0.289 e. The van der Waals surface area contributed by atoms with Crippen LogP contribution >= 0.6 is 0 Å². The molecule has 8 heteroatoms. The van der Waals surface area contributed by atoms with E-state index in [1.165, 1.54) is 6.26 Å². The van der Waals surface area contributed by atoms with Crippen LogP contribution in [0.2, 0.25) is 0 Å². The minimum absolute atomic E-state index is 0.106. The predicted molar refractivity (Wildman–Crippen MR) is 108 cm³/mol. The number of nitrogens with zero attached hydrogens (tertiary/aromatic N) is 5. The Bertz CT molecular complexity index is 965. The molecule has 1 aromatic carbocycles. The summed E-state index contributed by atoms with van der Waals surface area (Å²) in [6.07, 6.45) is 1.50. The van der Waals surface area contributed by atoms with Gasteiger partial charge in [-0.05, 0) is 36.4 Å². The number of para-hydroxylation sites is 1. The van der Waals surface area contributed by atoms with Gasteiger partial charge in [-0.25, -0.2) is 0 Å². The third kappa shape index (κ3) is 3.96. The fourth-order valence-electron chi connectivity index (χ4n) is 3.24. The number of furan rings is 1. The maximum absolute atomic E-state index is 12.6. The fourth-order valence-corrected chi connectivity index (χ4v) is 3.24. The first-order valence-corrected chi connectivity index (χ1v) is 9.38. The minimum Gasteiger partial charge on any atom is -0.459 e. The number of carbonyl (C=O) groups is 2. The fraction of sp³-hybridized carbons (Fsp3) is 0.238. The lowest BCUT2D eigenvalue weighted by molar-refractivity contribution is 0.0714. The van der Waals surface area contributed by atoms with Crippen molar-refractivity contribution in [3.05, 3.63) is 72.3 Å². The van der Waals surface area contributed by atoms with Gasteiger partial charge in [0.15, 0.2) is 17.3 Å². The Kier molecular flexibility index (Phi) is 5.24. The number of benzene rings is 1. The van der Waals surface area contributed by atoms with Gasteiger partial charge in [-0.2, -0.15) is 0 Å². The Morgan fingerprint density at radius 3 is 2.31 bits per heavy atom. The highest BCUT2D eigenvalue weighted by atomic mass is 16.3. The van der Waals surface area contributed by atoms with Crippen LogP contribution in [0, 0.1) is 0 Å². The molecule has 0 atom stereocenters. The summed E-state index contributed by atoms with van der Waals surface area (Å²) in [7, 11) is 1.71. The summed E-state index contributed by atoms with van der Waals surface area (Å²) in [5, 5.41) is 8.34. The van der Waals surface area contributed by atoms with E-state index in [0.29, 0.717) is 37.8 Å². The number of amides is 2. The number of carbonyl (C=O) groups excluding carboxylic acids is 2. The molecule has 29 heavy (non-hydrogen) atoms. The van der Waals surface area contributed by atoms with Crippen molar-refractivity contribution in [2.24, 2.45) is 0 Å². The van der Waals surface area contributed by atoms with E-state index in [0.717, 1.165) is 5.69 Å². The number of rotatable bonds is 4. The summed E-state index contributed by atoms with van der Waals surface area (Å²) in [4.78, 5) is 30.3. The van der Waals surface area contributed by atoms with Crippen LogP contribution in [-0.2, 0) is 0 Å². The van der Waals surface area contributed by atoms with Crippen molar-refractivity contribution >= 4 is 23.3 Å². The summed E-state index contributed by atoms with van der Waals surface area (Å²) >= 11 is 0. The molecule has 148 valence electrons. The minimum atomic E-state index is -0.218. The molecule has 0 unspecified atom stereocenters. The van der Waals surface area contributed by atoms with Crippen LogP contribution in [0.25, 0.3) is 0 Å². The maximum Gasteiger partial charge on any atom is 0.289 e. The predicted octanol–water partition coefficient (Wildman–Crippen LogP) is 2.31. The summed E-state index contributed by atoms with van der Waals surface area (Å²) in [6, 6.07) is 16.2. The van der Waals surface area contributed by atoms with Gasteiger partial charge in [-0.1, -0.05) is 18.2 Å². The van der Waals surface area contributed by atoms with Crippen molar-refractivity contribution < 1.29 is 14.0 Å². The Balaban J connectivity index is 1.37. The van der Waals surface area contributed by atoms with Gasteiger partial charge < -0.3 is 19.1 Å². The number of hydrogen-bond acceptors (Lipinski definition) is 6. The van der Waals surface area contributed by atoms with Gasteiger partial charge in [-0.15, -0.1) is 10.2 Å². The van der Waals surface area contributed by atoms with Crippen molar-refractivity contribution in [2.75, 3.05) is 43.0 Å². The maximum atomic E-state index is 12.6. The van der Waals surface area contributed by atoms with E-state index in [-0.39, 0.29) is 17.5 Å². The molecule has 1 fully saturated rings. The first kappa shape index (κ1) is 18.7. The Labute approximate surface area is 168 Å². The molecule has 0 N–H and O–H groups in total. The Morgan fingerprint density at radius 2 is 1.69 bits per heavy atom. The van der Waals surface area contributed by atoms with E-state index in [2.05, 4.69) is 10.2 Å².